The van der Waals surface area contributed by atoms with Gasteiger partial charge in [0.25, 0.3) is 0 Å². The molecule has 1 N–H and O–H groups in total. The predicted octanol–water partition coefficient (Wildman–Crippen LogP) is 3.42. The van der Waals surface area contributed by atoms with Gasteiger partial charge in [0, 0.05) is 19.5 Å². The summed E-state index contributed by atoms with van der Waals surface area (Å²) in [5.74, 6) is 0.999. The summed E-state index contributed by atoms with van der Waals surface area (Å²) in [7, 11) is 3.67. The Morgan fingerprint density at radius 2 is 2.05 bits per heavy atom. The first kappa shape index (κ1) is 13.8. The first-order valence-electron chi connectivity index (χ1n) is 6.88. The molecular weight excluding hydrogens is 236 g/mol. The summed E-state index contributed by atoms with van der Waals surface area (Å²) in [6.07, 6.45) is 3.09. The van der Waals surface area contributed by atoms with Crippen LogP contribution in [0.1, 0.15) is 24.5 Å². The molecule has 0 amide bonds. The number of para-hydroxylation sites is 1. The number of aromatic nitrogens is 1. The van der Waals surface area contributed by atoms with Crippen molar-refractivity contribution in [3.05, 3.63) is 35.4 Å². The van der Waals surface area contributed by atoms with Gasteiger partial charge in [-0.25, -0.2) is 4.98 Å². The number of pyridine rings is 1. The average Bonchev–Trinajstić information content (AvgIpc) is 2.44. The van der Waals surface area contributed by atoms with Crippen molar-refractivity contribution in [3.63, 3.8) is 0 Å². The van der Waals surface area contributed by atoms with Gasteiger partial charge in [-0.05, 0) is 30.0 Å². The second-order valence-corrected chi connectivity index (χ2v) is 4.73. The lowest BCUT2D eigenvalue weighted by atomic mass is 10.0. The average molecular weight is 258 g/mol. The lowest BCUT2D eigenvalue weighted by molar-refractivity contribution is 0.202. The maximum absolute atomic E-state index is 5.17. The van der Waals surface area contributed by atoms with E-state index in [4.69, 9.17) is 9.72 Å². The maximum atomic E-state index is 5.17. The summed E-state index contributed by atoms with van der Waals surface area (Å²) in [6, 6.07) is 8.63. The van der Waals surface area contributed by atoms with E-state index in [0.29, 0.717) is 0 Å². The summed E-state index contributed by atoms with van der Waals surface area (Å²) >= 11 is 0. The van der Waals surface area contributed by atoms with Gasteiger partial charge in [-0.1, -0.05) is 31.5 Å². The van der Waals surface area contributed by atoms with Crippen LogP contribution >= 0.6 is 0 Å². The van der Waals surface area contributed by atoms with Crippen LogP contribution in [0.4, 0.5) is 5.82 Å². The first-order chi connectivity index (χ1) is 9.30. The highest BCUT2D eigenvalue weighted by molar-refractivity contribution is 5.84. The van der Waals surface area contributed by atoms with Crippen LogP contribution in [0.2, 0.25) is 0 Å². The molecule has 0 saturated heterocycles. The highest BCUT2D eigenvalue weighted by atomic mass is 16.5. The fourth-order valence-electron chi connectivity index (χ4n) is 2.39. The Bertz CT molecular complexity index is 552. The van der Waals surface area contributed by atoms with Gasteiger partial charge in [0.15, 0.2) is 0 Å². The lowest BCUT2D eigenvalue weighted by Crippen LogP contribution is -2.02. The molecule has 0 saturated carbocycles. The first-order valence-corrected chi connectivity index (χ1v) is 6.88. The molecule has 0 aliphatic carbocycles. The van der Waals surface area contributed by atoms with Crippen LogP contribution < -0.4 is 5.32 Å². The second kappa shape index (κ2) is 6.53. The van der Waals surface area contributed by atoms with Crippen LogP contribution in [0.5, 0.6) is 0 Å². The highest BCUT2D eigenvalue weighted by Crippen LogP contribution is 2.24. The molecule has 0 radical (unpaired) electrons. The number of fused-ring (bicyclic) bond motifs is 1. The lowest BCUT2D eigenvalue weighted by Gasteiger charge is -2.12. The number of benzene rings is 1. The van der Waals surface area contributed by atoms with Crippen molar-refractivity contribution in [1.29, 1.82) is 0 Å². The molecule has 3 heteroatoms. The molecule has 0 aliphatic heterocycles. The minimum absolute atomic E-state index is 0.729. The van der Waals surface area contributed by atoms with Gasteiger partial charge in [-0.15, -0.1) is 0 Å². The van der Waals surface area contributed by atoms with E-state index < -0.39 is 0 Å². The van der Waals surface area contributed by atoms with Crippen molar-refractivity contribution in [3.8, 4) is 0 Å². The van der Waals surface area contributed by atoms with Gasteiger partial charge in [-0.2, -0.15) is 0 Å². The quantitative estimate of drug-likeness (QED) is 0.862. The Balaban J connectivity index is 2.50. The third-order valence-corrected chi connectivity index (χ3v) is 3.34. The molecule has 19 heavy (non-hydrogen) atoms. The van der Waals surface area contributed by atoms with Crippen LogP contribution in [0, 0.1) is 0 Å². The van der Waals surface area contributed by atoms with Gasteiger partial charge in [0.2, 0.25) is 0 Å². The van der Waals surface area contributed by atoms with Crippen molar-refractivity contribution < 1.29 is 4.74 Å². The SMILES string of the molecule is CCCc1cc2cccc(CCOC)c2nc1NC. The zero-order valence-electron chi connectivity index (χ0n) is 12.0. The molecule has 0 unspecified atom stereocenters. The molecule has 1 heterocycles. The third-order valence-electron chi connectivity index (χ3n) is 3.34. The zero-order chi connectivity index (χ0) is 13.7. The molecule has 1 aromatic carbocycles. The highest BCUT2D eigenvalue weighted by Gasteiger charge is 2.08. The molecule has 0 aliphatic rings. The number of nitrogens with one attached hydrogen (secondary N) is 1. The predicted molar refractivity (Wildman–Crippen MR) is 80.9 cm³/mol. The van der Waals surface area contributed by atoms with E-state index in [1.807, 2.05) is 7.05 Å². The molecule has 0 spiro atoms. The molecule has 0 atom stereocenters. The number of hydrogen-bond donors (Lipinski definition) is 1. The fourth-order valence-corrected chi connectivity index (χ4v) is 2.39. The Morgan fingerprint density at radius 3 is 2.74 bits per heavy atom. The Morgan fingerprint density at radius 1 is 1.21 bits per heavy atom. The van der Waals surface area contributed by atoms with E-state index in [1.54, 1.807) is 7.11 Å². The summed E-state index contributed by atoms with van der Waals surface area (Å²) in [5, 5.41) is 4.43. The molecular formula is C16H22N2O. The molecule has 2 aromatic rings. The van der Waals surface area contributed by atoms with Gasteiger partial charge >= 0.3 is 0 Å². The molecule has 3 nitrogen and oxygen atoms in total. The van der Waals surface area contributed by atoms with Crippen molar-refractivity contribution in [2.45, 2.75) is 26.2 Å². The monoisotopic (exact) mass is 258 g/mol. The number of ether oxygens (including phenoxy) is 1. The molecule has 0 fully saturated rings. The van der Waals surface area contributed by atoms with E-state index in [2.05, 4.69) is 36.5 Å². The number of methoxy groups -OCH3 is 1. The van der Waals surface area contributed by atoms with Crippen molar-refractivity contribution >= 4 is 16.7 Å². The molecule has 102 valence electrons. The van der Waals surface area contributed by atoms with Crippen LogP contribution in [0.3, 0.4) is 0 Å². The van der Waals surface area contributed by atoms with Crippen LogP contribution in [-0.2, 0) is 17.6 Å². The maximum Gasteiger partial charge on any atom is 0.129 e. The molecule has 2 rings (SSSR count). The summed E-state index contributed by atoms with van der Waals surface area (Å²) in [6.45, 7) is 2.92. The largest absolute Gasteiger partial charge is 0.384 e. The van der Waals surface area contributed by atoms with Gasteiger partial charge in [0.05, 0.1) is 12.1 Å². The van der Waals surface area contributed by atoms with E-state index in [-0.39, 0.29) is 0 Å². The fraction of sp³-hybridized carbons (Fsp3) is 0.438. The van der Waals surface area contributed by atoms with E-state index in [0.717, 1.165) is 37.2 Å². The number of aryl methyl sites for hydroxylation is 1. The summed E-state index contributed by atoms with van der Waals surface area (Å²) in [5.41, 5.74) is 3.63. The summed E-state index contributed by atoms with van der Waals surface area (Å²) < 4.78 is 5.17. The van der Waals surface area contributed by atoms with Crippen molar-refractivity contribution in [2.24, 2.45) is 0 Å². The van der Waals surface area contributed by atoms with E-state index in [1.165, 1.54) is 16.5 Å². The molecule has 0 bridgehead atoms. The van der Waals surface area contributed by atoms with E-state index >= 15 is 0 Å². The Labute approximate surface area is 115 Å². The number of hydrogen-bond acceptors (Lipinski definition) is 3. The topological polar surface area (TPSA) is 34.1 Å². The Hall–Kier alpha value is -1.61. The normalized spacial score (nSPS) is 10.9. The van der Waals surface area contributed by atoms with Gasteiger partial charge in [0.1, 0.15) is 5.82 Å². The number of anilines is 1. The third kappa shape index (κ3) is 3.04. The van der Waals surface area contributed by atoms with Crippen LogP contribution in [0.15, 0.2) is 24.3 Å². The number of nitrogens with zero attached hydrogens (tertiary/aromatic N) is 1. The zero-order valence-corrected chi connectivity index (χ0v) is 12.0. The van der Waals surface area contributed by atoms with Crippen LogP contribution in [0.25, 0.3) is 10.9 Å². The van der Waals surface area contributed by atoms with Gasteiger partial charge < -0.3 is 10.1 Å². The van der Waals surface area contributed by atoms with Gasteiger partial charge in [-0.3, -0.25) is 0 Å². The summed E-state index contributed by atoms with van der Waals surface area (Å²) in [4.78, 5) is 4.80. The minimum atomic E-state index is 0.729. The van der Waals surface area contributed by atoms with Crippen molar-refractivity contribution in [1.82, 2.24) is 4.98 Å². The van der Waals surface area contributed by atoms with Crippen molar-refractivity contribution in [2.75, 3.05) is 26.1 Å². The standard InChI is InChI=1S/C16H22N2O/c1-4-6-14-11-13-8-5-7-12(9-10-19-3)15(13)18-16(14)17-2/h5,7-8,11H,4,6,9-10H2,1-3H3,(H,17,18). The number of rotatable bonds is 6. The smallest absolute Gasteiger partial charge is 0.129 e. The minimum Gasteiger partial charge on any atom is -0.384 e. The second-order valence-electron chi connectivity index (χ2n) is 4.73. The Kier molecular flexibility index (Phi) is 4.74. The van der Waals surface area contributed by atoms with E-state index in [9.17, 15) is 0 Å². The molecule has 1 aromatic heterocycles. The van der Waals surface area contributed by atoms with Crippen LogP contribution in [-0.4, -0.2) is 25.7 Å².